The summed E-state index contributed by atoms with van der Waals surface area (Å²) in [5, 5.41) is 0. The zero-order valence-corrected chi connectivity index (χ0v) is 14.9. The van der Waals surface area contributed by atoms with Crippen LogP contribution in [0, 0.1) is 5.41 Å². The predicted molar refractivity (Wildman–Crippen MR) is 88.3 cm³/mol. The quantitative estimate of drug-likeness (QED) is 0.461. The highest BCUT2D eigenvalue weighted by Gasteiger charge is 2.09. The van der Waals surface area contributed by atoms with Crippen molar-refractivity contribution < 1.29 is 9.47 Å². The first-order chi connectivity index (χ1) is 9.21. The van der Waals surface area contributed by atoms with Gasteiger partial charge in [-0.05, 0) is 58.3 Å². The number of rotatable bonds is 11. The van der Waals surface area contributed by atoms with Gasteiger partial charge in [-0.1, -0.05) is 33.6 Å². The van der Waals surface area contributed by atoms with Crippen molar-refractivity contribution in [1.29, 1.82) is 0 Å². The Balaban J connectivity index is 3.10. The van der Waals surface area contributed by atoms with Gasteiger partial charge in [-0.3, -0.25) is 0 Å². The largest absolute Gasteiger partial charge is 0.381 e. The second kappa shape index (κ2) is 10.6. The van der Waals surface area contributed by atoms with Crippen molar-refractivity contribution in [3.8, 4) is 0 Å². The van der Waals surface area contributed by atoms with Crippen molar-refractivity contribution in [2.45, 2.75) is 92.1 Å². The SMILES string of the molecule is CC(C)(C)CCCCCOCCCCCOC(C)(C)C. The van der Waals surface area contributed by atoms with E-state index in [9.17, 15) is 0 Å². The molecule has 0 radical (unpaired) electrons. The topological polar surface area (TPSA) is 18.5 Å². The molecule has 0 fully saturated rings. The van der Waals surface area contributed by atoms with Crippen molar-refractivity contribution in [2.24, 2.45) is 5.41 Å². The van der Waals surface area contributed by atoms with E-state index in [-0.39, 0.29) is 5.60 Å². The van der Waals surface area contributed by atoms with Gasteiger partial charge in [0.1, 0.15) is 0 Å². The lowest BCUT2D eigenvalue weighted by Gasteiger charge is -2.19. The fourth-order valence-corrected chi connectivity index (χ4v) is 2.00. The fourth-order valence-electron chi connectivity index (χ4n) is 2.00. The van der Waals surface area contributed by atoms with Crippen LogP contribution in [0.1, 0.15) is 86.5 Å². The Morgan fingerprint density at radius 1 is 0.600 bits per heavy atom. The van der Waals surface area contributed by atoms with Crippen LogP contribution in [-0.2, 0) is 9.47 Å². The number of hydrogen-bond donors (Lipinski definition) is 0. The molecule has 0 bridgehead atoms. The molecule has 0 aliphatic carbocycles. The van der Waals surface area contributed by atoms with Crippen LogP contribution >= 0.6 is 0 Å². The van der Waals surface area contributed by atoms with Gasteiger partial charge >= 0.3 is 0 Å². The van der Waals surface area contributed by atoms with Gasteiger partial charge in [0.15, 0.2) is 0 Å². The summed E-state index contributed by atoms with van der Waals surface area (Å²) in [5.74, 6) is 0. The van der Waals surface area contributed by atoms with Gasteiger partial charge in [-0.2, -0.15) is 0 Å². The summed E-state index contributed by atoms with van der Waals surface area (Å²) >= 11 is 0. The molecule has 0 aliphatic rings. The molecule has 0 aromatic heterocycles. The number of unbranched alkanes of at least 4 members (excludes halogenated alkanes) is 4. The highest BCUT2D eigenvalue weighted by Crippen LogP contribution is 2.21. The normalized spacial score (nSPS) is 12.9. The summed E-state index contributed by atoms with van der Waals surface area (Å²) in [6.45, 7) is 16.0. The maximum absolute atomic E-state index is 5.69. The second-order valence-electron chi connectivity index (χ2n) is 8.01. The molecule has 0 saturated carbocycles. The van der Waals surface area contributed by atoms with Crippen molar-refractivity contribution in [3.63, 3.8) is 0 Å². The molecular weight excluding hydrogens is 248 g/mol. The Bertz CT molecular complexity index is 186. The molecule has 0 atom stereocenters. The summed E-state index contributed by atoms with van der Waals surface area (Å²) in [6.07, 6.45) is 8.68. The van der Waals surface area contributed by atoms with Crippen LogP contribution in [0.5, 0.6) is 0 Å². The van der Waals surface area contributed by atoms with Gasteiger partial charge in [0.05, 0.1) is 5.60 Å². The summed E-state index contributed by atoms with van der Waals surface area (Å²) in [6, 6.07) is 0. The van der Waals surface area contributed by atoms with Crippen LogP contribution in [0.2, 0.25) is 0 Å². The molecule has 2 heteroatoms. The van der Waals surface area contributed by atoms with Crippen molar-refractivity contribution in [3.05, 3.63) is 0 Å². The zero-order chi connectivity index (χ0) is 15.5. The van der Waals surface area contributed by atoms with Gasteiger partial charge in [0.25, 0.3) is 0 Å². The van der Waals surface area contributed by atoms with Crippen LogP contribution in [0.3, 0.4) is 0 Å². The number of hydrogen-bond acceptors (Lipinski definition) is 2. The van der Waals surface area contributed by atoms with E-state index in [1.807, 2.05) is 0 Å². The van der Waals surface area contributed by atoms with Crippen LogP contribution in [0.15, 0.2) is 0 Å². The van der Waals surface area contributed by atoms with Gasteiger partial charge < -0.3 is 9.47 Å². The zero-order valence-electron chi connectivity index (χ0n) is 14.9. The molecule has 0 rings (SSSR count). The Kier molecular flexibility index (Phi) is 10.6. The van der Waals surface area contributed by atoms with E-state index in [4.69, 9.17) is 9.47 Å². The first-order valence-electron chi connectivity index (χ1n) is 8.42. The van der Waals surface area contributed by atoms with Crippen molar-refractivity contribution in [1.82, 2.24) is 0 Å². The van der Waals surface area contributed by atoms with E-state index >= 15 is 0 Å². The third kappa shape index (κ3) is 17.9. The average Bonchev–Trinajstić information content (AvgIpc) is 2.27. The van der Waals surface area contributed by atoms with E-state index in [0.717, 1.165) is 32.7 Å². The Morgan fingerprint density at radius 2 is 1.10 bits per heavy atom. The van der Waals surface area contributed by atoms with E-state index < -0.39 is 0 Å². The maximum Gasteiger partial charge on any atom is 0.0598 e. The highest BCUT2D eigenvalue weighted by atomic mass is 16.5. The predicted octanol–water partition coefficient (Wildman–Crippen LogP) is 5.59. The van der Waals surface area contributed by atoms with Crippen molar-refractivity contribution >= 4 is 0 Å². The Hall–Kier alpha value is -0.0800. The van der Waals surface area contributed by atoms with Gasteiger partial charge in [-0.25, -0.2) is 0 Å². The van der Waals surface area contributed by atoms with Gasteiger partial charge in [0, 0.05) is 19.8 Å². The molecule has 122 valence electrons. The van der Waals surface area contributed by atoms with Crippen molar-refractivity contribution in [2.75, 3.05) is 19.8 Å². The molecule has 0 spiro atoms. The van der Waals surface area contributed by atoms with Crippen LogP contribution in [0.25, 0.3) is 0 Å². The number of ether oxygens (including phenoxy) is 2. The van der Waals surface area contributed by atoms with Crippen LogP contribution < -0.4 is 0 Å². The lowest BCUT2D eigenvalue weighted by atomic mass is 9.89. The minimum Gasteiger partial charge on any atom is -0.381 e. The first kappa shape index (κ1) is 19.9. The molecule has 0 aromatic carbocycles. The third-order valence-electron chi connectivity index (χ3n) is 3.18. The average molecular weight is 286 g/mol. The Morgan fingerprint density at radius 3 is 1.60 bits per heavy atom. The molecule has 0 amide bonds. The fraction of sp³-hybridized carbons (Fsp3) is 1.00. The third-order valence-corrected chi connectivity index (χ3v) is 3.18. The summed E-state index contributed by atoms with van der Waals surface area (Å²) < 4.78 is 11.4. The smallest absolute Gasteiger partial charge is 0.0598 e. The monoisotopic (exact) mass is 286 g/mol. The lowest BCUT2D eigenvalue weighted by Crippen LogP contribution is -2.19. The standard InChI is InChI=1S/C18H38O2/c1-17(2,3)13-9-7-10-14-19-15-11-8-12-16-20-18(4,5)6/h7-16H2,1-6H3. The minimum atomic E-state index is 0.00353. The van der Waals surface area contributed by atoms with E-state index in [2.05, 4.69) is 41.5 Å². The molecule has 20 heavy (non-hydrogen) atoms. The molecular formula is C18H38O2. The van der Waals surface area contributed by atoms with E-state index in [0.29, 0.717) is 5.41 Å². The summed E-state index contributed by atoms with van der Waals surface area (Å²) in [5.41, 5.74) is 0.486. The van der Waals surface area contributed by atoms with Crippen LogP contribution in [-0.4, -0.2) is 25.4 Å². The van der Waals surface area contributed by atoms with Gasteiger partial charge in [-0.15, -0.1) is 0 Å². The maximum atomic E-state index is 5.69. The lowest BCUT2D eigenvalue weighted by molar-refractivity contribution is -0.00536. The molecule has 0 unspecified atom stereocenters. The summed E-state index contributed by atoms with van der Waals surface area (Å²) in [7, 11) is 0. The Labute approximate surface area is 127 Å². The molecule has 0 N–H and O–H groups in total. The molecule has 0 heterocycles. The molecule has 0 saturated heterocycles. The first-order valence-corrected chi connectivity index (χ1v) is 8.42. The molecule has 0 aromatic rings. The summed E-state index contributed by atoms with van der Waals surface area (Å²) in [4.78, 5) is 0. The van der Waals surface area contributed by atoms with E-state index in [1.54, 1.807) is 0 Å². The van der Waals surface area contributed by atoms with Gasteiger partial charge in [0.2, 0.25) is 0 Å². The molecule has 0 aliphatic heterocycles. The van der Waals surface area contributed by atoms with Crippen LogP contribution in [0.4, 0.5) is 0 Å². The second-order valence-corrected chi connectivity index (χ2v) is 8.01. The van der Waals surface area contributed by atoms with E-state index in [1.165, 1.54) is 32.1 Å². The highest BCUT2D eigenvalue weighted by molar-refractivity contribution is 4.61. The minimum absolute atomic E-state index is 0.00353. The molecule has 2 nitrogen and oxygen atoms in total.